The first-order valence-corrected chi connectivity index (χ1v) is 4.86. The number of hydrogen-bond donors (Lipinski definition) is 0. The van der Waals surface area contributed by atoms with E-state index in [0.29, 0.717) is 24.3 Å². The van der Waals surface area contributed by atoms with E-state index in [9.17, 15) is 4.79 Å². The fourth-order valence-electron chi connectivity index (χ4n) is 1.36. The third kappa shape index (κ3) is 3.06. The average molecular weight is 208 g/mol. The van der Waals surface area contributed by atoms with Crippen LogP contribution >= 0.6 is 0 Å². The Morgan fingerprint density at radius 3 is 2.67 bits per heavy atom. The first kappa shape index (κ1) is 11.7. The van der Waals surface area contributed by atoms with Crippen molar-refractivity contribution in [1.29, 1.82) is 0 Å². The molecule has 0 fully saturated rings. The van der Waals surface area contributed by atoms with E-state index in [2.05, 4.69) is 0 Å². The predicted molar refractivity (Wildman–Crippen MR) is 58.6 cm³/mol. The van der Waals surface area contributed by atoms with E-state index in [1.54, 1.807) is 20.3 Å². The number of aryl methyl sites for hydroxylation is 1. The van der Waals surface area contributed by atoms with E-state index >= 15 is 0 Å². The highest BCUT2D eigenvalue weighted by Gasteiger charge is 2.09. The molecule has 3 nitrogen and oxygen atoms in total. The zero-order chi connectivity index (χ0) is 11.3. The van der Waals surface area contributed by atoms with Crippen LogP contribution in [0.15, 0.2) is 18.2 Å². The van der Waals surface area contributed by atoms with Gasteiger partial charge in [0.05, 0.1) is 13.7 Å². The summed E-state index contributed by atoms with van der Waals surface area (Å²) in [5.41, 5.74) is 1.68. The Hall–Kier alpha value is -1.35. The van der Waals surface area contributed by atoms with Crippen LogP contribution in [0.25, 0.3) is 0 Å². The maximum Gasteiger partial charge on any atom is 0.165 e. The minimum absolute atomic E-state index is 0.0910. The zero-order valence-corrected chi connectivity index (χ0v) is 9.37. The minimum Gasteiger partial charge on any atom is -0.497 e. The fraction of sp³-hybridized carbons (Fsp3) is 0.417. The van der Waals surface area contributed by atoms with E-state index < -0.39 is 0 Å². The van der Waals surface area contributed by atoms with Crippen LogP contribution in [-0.2, 0) is 4.74 Å². The zero-order valence-electron chi connectivity index (χ0n) is 9.37. The Balaban J connectivity index is 2.86. The Bertz CT molecular complexity index is 345. The highest BCUT2D eigenvalue weighted by Crippen LogP contribution is 2.18. The summed E-state index contributed by atoms with van der Waals surface area (Å²) in [6.45, 7) is 2.37. The predicted octanol–water partition coefficient (Wildman–Crippen LogP) is 2.22. The molecule has 82 valence electrons. The number of ether oxygens (including phenoxy) is 2. The number of benzene rings is 1. The van der Waals surface area contributed by atoms with Gasteiger partial charge in [-0.3, -0.25) is 4.79 Å². The molecule has 0 heterocycles. The lowest BCUT2D eigenvalue weighted by Crippen LogP contribution is -2.05. The summed E-state index contributed by atoms with van der Waals surface area (Å²) in [5.74, 6) is 0.801. The Morgan fingerprint density at radius 1 is 1.33 bits per heavy atom. The first-order chi connectivity index (χ1) is 7.19. The monoisotopic (exact) mass is 208 g/mol. The molecule has 0 N–H and O–H groups in total. The van der Waals surface area contributed by atoms with E-state index in [-0.39, 0.29) is 5.78 Å². The second-order valence-electron chi connectivity index (χ2n) is 3.35. The third-order valence-corrected chi connectivity index (χ3v) is 2.28. The maximum absolute atomic E-state index is 11.8. The molecule has 0 aromatic heterocycles. The van der Waals surface area contributed by atoms with Gasteiger partial charge in [-0.15, -0.1) is 0 Å². The number of hydrogen-bond acceptors (Lipinski definition) is 3. The molecule has 1 aromatic rings. The molecule has 0 unspecified atom stereocenters. The van der Waals surface area contributed by atoms with Crippen molar-refractivity contribution in [2.75, 3.05) is 20.8 Å². The van der Waals surface area contributed by atoms with Crippen LogP contribution < -0.4 is 4.74 Å². The summed E-state index contributed by atoms with van der Waals surface area (Å²) in [4.78, 5) is 11.8. The Morgan fingerprint density at radius 2 is 2.07 bits per heavy atom. The van der Waals surface area contributed by atoms with Gasteiger partial charge < -0.3 is 9.47 Å². The van der Waals surface area contributed by atoms with Crippen LogP contribution in [0.1, 0.15) is 22.3 Å². The van der Waals surface area contributed by atoms with Gasteiger partial charge in [-0.25, -0.2) is 0 Å². The van der Waals surface area contributed by atoms with Crippen LogP contribution in [-0.4, -0.2) is 26.6 Å². The van der Waals surface area contributed by atoms with Crippen molar-refractivity contribution >= 4 is 5.78 Å². The van der Waals surface area contributed by atoms with Crippen LogP contribution in [0.2, 0.25) is 0 Å². The molecule has 1 rings (SSSR count). The maximum atomic E-state index is 11.8. The van der Waals surface area contributed by atoms with Crippen LogP contribution in [0, 0.1) is 6.92 Å². The van der Waals surface area contributed by atoms with Crippen molar-refractivity contribution in [3.05, 3.63) is 29.3 Å². The smallest absolute Gasteiger partial charge is 0.165 e. The van der Waals surface area contributed by atoms with Crippen molar-refractivity contribution in [3.8, 4) is 5.75 Å². The highest BCUT2D eigenvalue weighted by atomic mass is 16.5. The normalized spacial score (nSPS) is 10.1. The SMILES string of the molecule is COCCC(=O)c1cc(OC)ccc1C. The lowest BCUT2D eigenvalue weighted by Gasteiger charge is -2.07. The topological polar surface area (TPSA) is 35.5 Å². The third-order valence-electron chi connectivity index (χ3n) is 2.28. The lowest BCUT2D eigenvalue weighted by atomic mass is 10.0. The van der Waals surface area contributed by atoms with Gasteiger partial charge in [-0.1, -0.05) is 6.07 Å². The molecule has 3 heteroatoms. The van der Waals surface area contributed by atoms with Crippen molar-refractivity contribution in [2.45, 2.75) is 13.3 Å². The van der Waals surface area contributed by atoms with Gasteiger partial charge in [0.2, 0.25) is 0 Å². The van der Waals surface area contributed by atoms with Gasteiger partial charge in [-0.2, -0.15) is 0 Å². The molecule has 0 radical (unpaired) electrons. The van der Waals surface area contributed by atoms with E-state index in [0.717, 1.165) is 5.56 Å². The standard InChI is InChI=1S/C12H16O3/c1-9-4-5-10(15-3)8-11(9)12(13)6-7-14-2/h4-5,8H,6-7H2,1-3H3. The number of ketones is 1. The van der Waals surface area contributed by atoms with E-state index in [4.69, 9.17) is 9.47 Å². The number of rotatable bonds is 5. The van der Waals surface area contributed by atoms with Gasteiger partial charge in [0, 0.05) is 19.1 Å². The largest absolute Gasteiger partial charge is 0.497 e. The molecule has 0 atom stereocenters. The number of carbonyl (C=O) groups excluding carboxylic acids is 1. The van der Waals surface area contributed by atoms with E-state index in [1.807, 2.05) is 19.1 Å². The second-order valence-corrected chi connectivity index (χ2v) is 3.35. The van der Waals surface area contributed by atoms with Gasteiger partial charge in [0.1, 0.15) is 5.75 Å². The van der Waals surface area contributed by atoms with Crippen molar-refractivity contribution in [3.63, 3.8) is 0 Å². The van der Waals surface area contributed by atoms with Crippen LogP contribution in [0.5, 0.6) is 5.75 Å². The lowest BCUT2D eigenvalue weighted by molar-refractivity contribution is 0.0931. The number of carbonyl (C=O) groups is 1. The van der Waals surface area contributed by atoms with Crippen molar-refractivity contribution in [1.82, 2.24) is 0 Å². The number of methoxy groups -OCH3 is 2. The molecule has 0 saturated heterocycles. The highest BCUT2D eigenvalue weighted by molar-refractivity contribution is 5.97. The molecule has 0 aliphatic carbocycles. The molecular weight excluding hydrogens is 192 g/mol. The summed E-state index contributed by atoms with van der Waals surface area (Å²) >= 11 is 0. The van der Waals surface area contributed by atoms with Gasteiger partial charge in [-0.05, 0) is 24.6 Å². The molecule has 0 aliphatic rings. The summed E-state index contributed by atoms with van der Waals surface area (Å²) in [6.07, 6.45) is 0.407. The molecule has 1 aromatic carbocycles. The van der Waals surface area contributed by atoms with Crippen LogP contribution in [0.3, 0.4) is 0 Å². The number of Topliss-reactive ketones (excluding diaryl/α,β-unsaturated/α-hetero) is 1. The molecule has 0 amide bonds. The molecule has 0 saturated carbocycles. The summed E-state index contributed by atoms with van der Waals surface area (Å²) < 4.78 is 9.96. The average Bonchev–Trinajstić information content (AvgIpc) is 2.26. The second kappa shape index (κ2) is 5.51. The minimum atomic E-state index is 0.0910. The summed E-state index contributed by atoms with van der Waals surface area (Å²) in [6, 6.07) is 5.51. The Kier molecular flexibility index (Phi) is 4.31. The fourth-order valence-corrected chi connectivity index (χ4v) is 1.36. The van der Waals surface area contributed by atoms with E-state index in [1.165, 1.54) is 0 Å². The Labute approximate surface area is 90.0 Å². The molecule has 0 bridgehead atoms. The first-order valence-electron chi connectivity index (χ1n) is 4.86. The van der Waals surface area contributed by atoms with Crippen molar-refractivity contribution < 1.29 is 14.3 Å². The van der Waals surface area contributed by atoms with Gasteiger partial charge in [0.15, 0.2) is 5.78 Å². The summed E-state index contributed by atoms with van der Waals surface area (Å²) in [7, 11) is 3.18. The van der Waals surface area contributed by atoms with Gasteiger partial charge >= 0.3 is 0 Å². The molecular formula is C12H16O3. The summed E-state index contributed by atoms with van der Waals surface area (Å²) in [5, 5.41) is 0. The van der Waals surface area contributed by atoms with Crippen LogP contribution in [0.4, 0.5) is 0 Å². The molecule has 0 spiro atoms. The quantitative estimate of drug-likeness (QED) is 0.696. The molecule has 15 heavy (non-hydrogen) atoms. The molecule has 0 aliphatic heterocycles. The van der Waals surface area contributed by atoms with Gasteiger partial charge in [0.25, 0.3) is 0 Å². The van der Waals surface area contributed by atoms with Crippen molar-refractivity contribution in [2.24, 2.45) is 0 Å².